The zero-order chi connectivity index (χ0) is 17.9. The molecule has 0 amide bonds. The Labute approximate surface area is 138 Å². The molecular weight excluding hydrogens is 338 g/mol. The summed E-state index contributed by atoms with van der Waals surface area (Å²) in [5.41, 5.74) is 4.04. The van der Waals surface area contributed by atoms with Gasteiger partial charge < -0.3 is 20.7 Å². The normalized spacial score (nSPS) is 34.4. The molecule has 2 saturated carbocycles. The van der Waals surface area contributed by atoms with Crippen LogP contribution < -0.4 is 10.5 Å². The molecule has 0 heterocycles. The minimum Gasteiger partial charge on any atom is -0.495 e. The second-order valence-electron chi connectivity index (χ2n) is 6.25. The van der Waals surface area contributed by atoms with E-state index in [1.807, 2.05) is 0 Å². The van der Waals surface area contributed by atoms with Crippen molar-refractivity contribution in [2.45, 2.75) is 22.1 Å². The minimum absolute atomic E-state index is 0.0815. The van der Waals surface area contributed by atoms with Crippen LogP contribution >= 0.6 is 0 Å². The molecule has 2 fully saturated rings. The van der Waals surface area contributed by atoms with Crippen molar-refractivity contribution in [1.82, 2.24) is 0 Å². The van der Waals surface area contributed by atoms with Gasteiger partial charge in [0.25, 0.3) is 0 Å². The third kappa shape index (κ3) is 2.11. The smallest absolute Gasteiger partial charge is 0.324 e. The number of carbonyl (C=O) groups is 2. The molecule has 0 bridgehead atoms. The molecule has 0 aromatic heterocycles. The van der Waals surface area contributed by atoms with Gasteiger partial charge in [0, 0.05) is 5.92 Å². The Hall–Kier alpha value is -2.13. The summed E-state index contributed by atoms with van der Waals surface area (Å²) in [5, 5.41) is 17.5. The number of methoxy groups -OCH3 is 1. The number of para-hydroxylation sites is 1. The maximum Gasteiger partial charge on any atom is 0.324 e. The zero-order valence-corrected chi connectivity index (χ0v) is 13.6. The van der Waals surface area contributed by atoms with Crippen LogP contribution in [0, 0.1) is 17.8 Å². The van der Waals surface area contributed by atoms with E-state index in [1.165, 1.54) is 25.3 Å². The maximum atomic E-state index is 13.0. The molecule has 2 aliphatic carbocycles. The number of ether oxygens (including phenoxy) is 1. The Balaban J connectivity index is 2.06. The van der Waals surface area contributed by atoms with E-state index in [-0.39, 0.29) is 17.1 Å². The number of carboxylic acids is 2. The summed E-state index contributed by atoms with van der Waals surface area (Å²) in [6.07, 6.45) is -0.318. The lowest BCUT2D eigenvalue weighted by Crippen LogP contribution is -2.51. The summed E-state index contributed by atoms with van der Waals surface area (Å²) in [7, 11) is -2.66. The summed E-state index contributed by atoms with van der Waals surface area (Å²) in [6.45, 7) is 0. The molecule has 130 valence electrons. The molecule has 1 aromatic rings. The van der Waals surface area contributed by atoms with Gasteiger partial charge in [-0.25, -0.2) is 8.42 Å². The Morgan fingerprint density at radius 1 is 1.29 bits per heavy atom. The average Bonchev–Trinajstić information content (AvgIpc) is 3.20. The van der Waals surface area contributed by atoms with E-state index >= 15 is 0 Å². The second kappa shape index (κ2) is 5.18. The van der Waals surface area contributed by atoms with Crippen molar-refractivity contribution in [1.29, 1.82) is 0 Å². The van der Waals surface area contributed by atoms with Crippen molar-refractivity contribution in [3.05, 3.63) is 24.3 Å². The largest absolute Gasteiger partial charge is 0.495 e. The van der Waals surface area contributed by atoms with Gasteiger partial charge in [-0.3, -0.25) is 9.59 Å². The summed E-state index contributed by atoms with van der Waals surface area (Å²) < 4.78 is 31.1. The number of sulfone groups is 1. The molecule has 24 heavy (non-hydrogen) atoms. The second-order valence-corrected chi connectivity index (χ2v) is 8.39. The van der Waals surface area contributed by atoms with E-state index in [9.17, 15) is 28.2 Å². The molecule has 5 atom stereocenters. The number of hydrogen-bond acceptors (Lipinski definition) is 6. The Bertz CT molecular complexity index is 821. The molecule has 0 saturated heterocycles. The van der Waals surface area contributed by atoms with E-state index < -0.39 is 50.3 Å². The lowest BCUT2D eigenvalue weighted by molar-refractivity contribution is -0.145. The van der Waals surface area contributed by atoms with Crippen LogP contribution in [0.4, 0.5) is 0 Å². The third-order valence-corrected chi connectivity index (χ3v) is 7.32. The highest BCUT2D eigenvalue weighted by molar-refractivity contribution is 7.92. The van der Waals surface area contributed by atoms with Crippen LogP contribution in [0.3, 0.4) is 0 Å². The first kappa shape index (κ1) is 16.7. The van der Waals surface area contributed by atoms with E-state index in [4.69, 9.17) is 10.5 Å². The van der Waals surface area contributed by atoms with Gasteiger partial charge in [-0.1, -0.05) is 12.1 Å². The fourth-order valence-electron chi connectivity index (χ4n) is 3.95. The molecule has 9 heteroatoms. The van der Waals surface area contributed by atoms with Gasteiger partial charge in [-0.2, -0.15) is 0 Å². The number of fused-ring (bicyclic) bond motifs is 1. The van der Waals surface area contributed by atoms with Gasteiger partial charge >= 0.3 is 11.9 Å². The molecular formula is C15H17NO7S. The molecule has 8 nitrogen and oxygen atoms in total. The summed E-state index contributed by atoms with van der Waals surface area (Å²) in [4.78, 5) is 22.8. The summed E-state index contributed by atoms with van der Waals surface area (Å²) in [5.74, 6) is -5.22. The first-order valence-electron chi connectivity index (χ1n) is 7.28. The Kier molecular flexibility index (Phi) is 3.61. The van der Waals surface area contributed by atoms with Gasteiger partial charge in [0.05, 0.1) is 18.3 Å². The van der Waals surface area contributed by atoms with E-state index in [2.05, 4.69) is 0 Å². The van der Waals surface area contributed by atoms with Crippen molar-refractivity contribution in [2.24, 2.45) is 23.5 Å². The van der Waals surface area contributed by atoms with E-state index in [0.29, 0.717) is 0 Å². The van der Waals surface area contributed by atoms with Crippen LogP contribution in [0.2, 0.25) is 0 Å². The van der Waals surface area contributed by atoms with Gasteiger partial charge in [0.1, 0.15) is 16.2 Å². The first-order chi connectivity index (χ1) is 11.2. The van der Waals surface area contributed by atoms with Crippen molar-refractivity contribution >= 4 is 21.8 Å². The number of nitrogens with two attached hydrogens (primary N) is 1. The quantitative estimate of drug-likeness (QED) is 0.668. The SMILES string of the molecule is COc1ccccc1S(=O)(=O)C1CC(N)(C(=O)O)C2C(C(=O)O)C21. The van der Waals surface area contributed by atoms with Crippen molar-refractivity contribution in [3.63, 3.8) is 0 Å². The number of rotatable bonds is 5. The van der Waals surface area contributed by atoms with E-state index in [1.54, 1.807) is 6.07 Å². The standard InChI is InChI=1S/C15H17NO7S/c1-23-7-4-2-3-5-8(7)24(21,22)9-6-15(16,14(19)20)12-10(9)11(12)13(17)18/h2-5,9-12H,6,16H2,1H3,(H,17,18)(H,19,20). The average molecular weight is 355 g/mol. The highest BCUT2D eigenvalue weighted by Gasteiger charge is 2.76. The van der Waals surface area contributed by atoms with Crippen molar-refractivity contribution < 1.29 is 33.0 Å². The molecule has 5 unspecified atom stereocenters. The fraction of sp³-hybridized carbons (Fsp3) is 0.467. The van der Waals surface area contributed by atoms with E-state index in [0.717, 1.165) is 0 Å². The highest BCUT2D eigenvalue weighted by atomic mass is 32.2. The topological polar surface area (TPSA) is 144 Å². The molecule has 0 radical (unpaired) electrons. The lowest BCUT2D eigenvalue weighted by atomic mass is 9.91. The number of carboxylic acid groups (broad SMARTS) is 2. The molecule has 1 aromatic carbocycles. The van der Waals surface area contributed by atoms with Gasteiger partial charge in [0.2, 0.25) is 0 Å². The van der Waals surface area contributed by atoms with Crippen LogP contribution in [0.25, 0.3) is 0 Å². The van der Waals surface area contributed by atoms with Crippen molar-refractivity contribution in [3.8, 4) is 5.75 Å². The van der Waals surface area contributed by atoms with Gasteiger partial charge in [-0.15, -0.1) is 0 Å². The van der Waals surface area contributed by atoms with Crippen molar-refractivity contribution in [2.75, 3.05) is 7.11 Å². The zero-order valence-electron chi connectivity index (χ0n) is 12.7. The Morgan fingerprint density at radius 2 is 1.92 bits per heavy atom. The van der Waals surface area contributed by atoms with Crippen LogP contribution in [-0.2, 0) is 19.4 Å². The van der Waals surface area contributed by atoms with Crippen LogP contribution in [-0.4, -0.2) is 48.5 Å². The van der Waals surface area contributed by atoms with Crippen LogP contribution in [0.15, 0.2) is 29.2 Å². The van der Waals surface area contributed by atoms with Crippen LogP contribution in [0.5, 0.6) is 5.75 Å². The first-order valence-corrected chi connectivity index (χ1v) is 8.83. The number of aliphatic carboxylic acids is 2. The lowest BCUT2D eigenvalue weighted by Gasteiger charge is -2.24. The predicted octanol–water partition coefficient (Wildman–Crippen LogP) is -0.0299. The minimum atomic E-state index is -3.99. The molecule has 2 aliphatic rings. The summed E-state index contributed by atoms with van der Waals surface area (Å²) in [6, 6.07) is 5.97. The molecule has 4 N–H and O–H groups in total. The van der Waals surface area contributed by atoms with Crippen LogP contribution in [0.1, 0.15) is 6.42 Å². The molecule has 3 rings (SSSR count). The number of hydrogen-bond donors (Lipinski definition) is 3. The summed E-state index contributed by atoms with van der Waals surface area (Å²) >= 11 is 0. The molecule has 0 spiro atoms. The predicted molar refractivity (Wildman–Crippen MR) is 81.2 cm³/mol. The maximum absolute atomic E-state index is 13.0. The molecule has 0 aliphatic heterocycles. The van der Waals surface area contributed by atoms with Gasteiger partial charge in [-0.05, 0) is 24.5 Å². The fourth-order valence-corrected chi connectivity index (χ4v) is 6.22. The third-order valence-electron chi connectivity index (χ3n) is 5.10. The van der Waals surface area contributed by atoms with Gasteiger partial charge in [0.15, 0.2) is 9.84 Å². The highest BCUT2D eigenvalue weighted by Crippen LogP contribution is 2.64. The monoisotopic (exact) mass is 355 g/mol. The number of benzene rings is 1. The Morgan fingerprint density at radius 3 is 2.46 bits per heavy atom.